The van der Waals surface area contributed by atoms with E-state index in [4.69, 9.17) is 23.7 Å². The summed E-state index contributed by atoms with van der Waals surface area (Å²) in [7, 11) is 0. The van der Waals surface area contributed by atoms with Crippen LogP contribution in [-0.2, 0) is 47.7 Å². The number of halogens is 2. The van der Waals surface area contributed by atoms with Gasteiger partial charge in [0, 0.05) is 37.8 Å². The van der Waals surface area contributed by atoms with Crippen molar-refractivity contribution in [2.75, 3.05) is 4.90 Å². The number of cyclic esters (lactones) is 1. The second-order valence-electron chi connectivity index (χ2n) is 19.2. The van der Waals surface area contributed by atoms with Crippen molar-refractivity contribution in [2.45, 2.75) is 136 Å². The third-order valence-corrected chi connectivity index (χ3v) is 14.0. The van der Waals surface area contributed by atoms with E-state index in [-0.39, 0.29) is 85.4 Å². The number of ether oxygens (including phenoxy) is 5. The van der Waals surface area contributed by atoms with Crippen LogP contribution >= 0.6 is 0 Å². The highest BCUT2D eigenvalue weighted by Crippen LogP contribution is 2.48. The lowest BCUT2D eigenvalue weighted by Gasteiger charge is -2.48. The first-order valence-corrected chi connectivity index (χ1v) is 24.4. The minimum Gasteiger partial charge on any atom is -0.462 e. The minimum absolute atomic E-state index is 0.0441. The van der Waals surface area contributed by atoms with E-state index in [1.165, 1.54) is 48.9 Å². The third kappa shape index (κ3) is 12.9. The van der Waals surface area contributed by atoms with E-state index in [9.17, 15) is 37.5 Å². The first-order valence-electron chi connectivity index (χ1n) is 24.4. The minimum atomic E-state index is -0.709. The van der Waals surface area contributed by atoms with Crippen LogP contribution in [0, 0.1) is 47.1 Å². The van der Waals surface area contributed by atoms with Gasteiger partial charge in [0.25, 0.3) is 0 Å². The van der Waals surface area contributed by atoms with Crippen molar-refractivity contribution in [1.82, 2.24) is 0 Å². The lowest BCUT2D eigenvalue weighted by Crippen LogP contribution is -2.55. The van der Waals surface area contributed by atoms with E-state index in [0.717, 1.165) is 18.4 Å². The number of fused-ring (bicyclic) bond motifs is 1. The second-order valence-corrected chi connectivity index (χ2v) is 19.2. The molecule has 2 fully saturated rings. The largest absolute Gasteiger partial charge is 0.462 e. The number of rotatable bonds is 19. The van der Waals surface area contributed by atoms with E-state index in [2.05, 4.69) is 32.1 Å². The molecule has 3 aromatic carbocycles. The highest BCUT2D eigenvalue weighted by atomic mass is 19.1. The Kier molecular flexibility index (Phi) is 16.9. The molecule has 2 aliphatic heterocycles. The summed E-state index contributed by atoms with van der Waals surface area (Å²) < 4.78 is 56.3. The number of allylic oxidation sites excluding steroid dienone is 3. The Hall–Kier alpha value is -6.18. The number of hydrogen-bond acceptors (Lipinski definition) is 11. The first-order chi connectivity index (χ1) is 33.1. The van der Waals surface area contributed by atoms with Crippen LogP contribution in [-0.4, -0.2) is 54.1 Å². The topological polar surface area (TPSA) is 152 Å². The maximum Gasteiger partial charge on any atom is 0.311 e. The summed E-state index contributed by atoms with van der Waals surface area (Å²) in [6.45, 7) is 9.46. The number of β-lactam (4-membered cyclic amide) rings is 1. The van der Waals surface area contributed by atoms with Crippen LogP contribution in [0.1, 0.15) is 129 Å². The number of carbonyl (C=O) groups is 6. The summed E-state index contributed by atoms with van der Waals surface area (Å²) in [6, 6.07) is 17.5. The smallest absolute Gasteiger partial charge is 0.311 e. The number of amides is 1. The number of nitrogens with zero attached hydrogens (tertiary/aromatic N) is 1. The molecule has 0 radical (unpaired) electrons. The second kappa shape index (κ2) is 23.0. The zero-order chi connectivity index (χ0) is 49.4. The fourth-order valence-electron chi connectivity index (χ4n) is 10.3. The molecular weight excluding hydrogens is 889 g/mol. The molecule has 7 rings (SSSR count). The summed E-state index contributed by atoms with van der Waals surface area (Å²) in [5, 5.41) is 0. The third-order valence-electron chi connectivity index (χ3n) is 14.0. The van der Waals surface area contributed by atoms with Crippen molar-refractivity contribution in [2.24, 2.45) is 35.5 Å². The monoisotopic (exact) mass is 951 g/mol. The molecule has 0 bridgehead atoms. The molecule has 69 heavy (non-hydrogen) atoms. The van der Waals surface area contributed by atoms with Crippen molar-refractivity contribution >= 4 is 41.4 Å². The number of carbonyl (C=O) groups excluding carboxylic acids is 6. The molecule has 11 atom stereocenters. The fraction of sp³-hybridized carbons (Fsp3) is 0.491. The van der Waals surface area contributed by atoms with E-state index in [0.29, 0.717) is 36.9 Å². The van der Waals surface area contributed by atoms with Gasteiger partial charge in [0.2, 0.25) is 5.91 Å². The van der Waals surface area contributed by atoms with E-state index in [1.54, 1.807) is 41.3 Å². The van der Waals surface area contributed by atoms with Crippen molar-refractivity contribution in [1.29, 1.82) is 0 Å². The van der Waals surface area contributed by atoms with Gasteiger partial charge in [-0.05, 0) is 128 Å². The summed E-state index contributed by atoms with van der Waals surface area (Å²) in [5.41, 5.74) is 3.01. The molecule has 2 saturated heterocycles. The zero-order valence-electron chi connectivity index (χ0n) is 40.0. The highest BCUT2D eigenvalue weighted by molar-refractivity contribution is 6.03. The van der Waals surface area contributed by atoms with Crippen LogP contribution in [0.5, 0.6) is 5.75 Å². The average Bonchev–Trinajstić information content (AvgIpc) is 3.30. The number of benzene rings is 3. The highest BCUT2D eigenvalue weighted by Gasteiger charge is 2.49. The average molecular weight is 952 g/mol. The van der Waals surface area contributed by atoms with Crippen molar-refractivity contribution in [3.8, 4) is 5.75 Å². The van der Waals surface area contributed by atoms with Gasteiger partial charge in [-0.2, -0.15) is 0 Å². The molecular formula is C55H63F2NO11. The van der Waals surface area contributed by atoms with Crippen LogP contribution < -0.4 is 9.64 Å². The molecule has 0 aromatic heterocycles. The van der Waals surface area contributed by atoms with Crippen LogP contribution in [0.2, 0.25) is 0 Å². The predicted octanol–water partition coefficient (Wildman–Crippen LogP) is 10.6. The molecule has 1 amide bonds. The number of anilines is 1. The lowest BCUT2D eigenvalue weighted by atomic mass is 9.65. The molecule has 0 spiro atoms. The molecule has 14 heteroatoms. The Balaban J connectivity index is 0.895. The van der Waals surface area contributed by atoms with Gasteiger partial charge in [-0.3, -0.25) is 28.8 Å². The lowest BCUT2D eigenvalue weighted by molar-refractivity contribution is -0.170. The molecule has 4 aliphatic rings. The summed E-state index contributed by atoms with van der Waals surface area (Å²) >= 11 is 0. The Bertz CT molecular complexity index is 2380. The maximum atomic E-state index is 13.9. The standard InChI is InChI=1S/C55H63F2NO11/c1-6-33(3)55(64)69-48-29-32(2)28-38-11-10-34(4)45(52(38)48)25-24-43-30-44(31-51(62)67-43)68-50(61)9-7-8-49(60)66-42-22-14-37(15-23-42)53-46(54(63)58(53)41-20-18-40(57)19-21-41)26-27-47(65-35(5)59)36-12-16-39(56)17-13-36/h10-23,28,32-34,43-48,52-53H,6-9,24-27,29-31H2,1-5H3. The van der Waals surface area contributed by atoms with Crippen LogP contribution in [0.25, 0.3) is 0 Å². The van der Waals surface area contributed by atoms with Crippen LogP contribution in [0.3, 0.4) is 0 Å². The van der Waals surface area contributed by atoms with Crippen molar-refractivity contribution in [3.05, 3.63) is 119 Å². The van der Waals surface area contributed by atoms with Gasteiger partial charge >= 0.3 is 29.8 Å². The van der Waals surface area contributed by atoms with E-state index in [1.807, 2.05) is 13.8 Å². The van der Waals surface area contributed by atoms with E-state index >= 15 is 0 Å². The van der Waals surface area contributed by atoms with Crippen LogP contribution in [0.15, 0.2) is 96.6 Å². The van der Waals surface area contributed by atoms with Gasteiger partial charge < -0.3 is 28.6 Å². The van der Waals surface area contributed by atoms with Gasteiger partial charge in [0.05, 0.1) is 24.3 Å². The first kappa shape index (κ1) is 50.7. The Morgan fingerprint density at radius 3 is 2.20 bits per heavy atom. The van der Waals surface area contributed by atoms with Gasteiger partial charge in [-0.15, -0.1) is 0 Å². The Morgan fingerprint density at radius 2 is 1.52 bits per heavy atom. The molecule has 3 aromatic rings. The summed E-state index contributed by atoms with van der Waals surface area (Å²) in [6.07, 6.45) is 8.33. The maximum absolute atomic E-state index is 13.9. The quantitative estimate of drug-likeness (QED) is 0.0489. The van der Waals surface area contributed by atoms with Gasteiger partial charge in [0.1, 0.15) is 41.8 Å². The summed E-state index contributed by atoms with van der Waals surface area (Å²) in [5.74, 6) is -3.04. The molecule has 368 valence electrons. The molecule has 2 aliphatic carbocycles. The molecule has 2 heterocycles. The molecule has 11 unspecified atom stereocenters. The predicted molar refractivity (Wildman–Crippen MR) is 251 cm³/mol. The van der Waals surface area contributed by atoms with Crippen molar-refractivity contribution in [3.63, 3.8) is 0 Å². The van der Waals surface area contributed by atoms with Crippen LogP contribution in [0.4, 0.5) is 14.5 Å². The zero-order valence-corrected chi connectivity index (χ0v) is 40.0. The molecule has 12 nitrogen and oxygen atoms in total. The molecule has 0 N–H and O–H groups in total. The normalized spacial score (nSPS) is 26.0. The number of hydrogen-bond donors (Lipinski definition) is 0. The molecule has 0 saturated carbocycles. The Labute approximate surface area is 402 Å². The SMILES string of the molecule is CCC(C)C(=O)OC1CC(C)C=C2C=CC(C)C(CCC3CC(OC(=O)CCCC(=O)Oc4ccc(C5C(CCC(OC(C)=O)c6ccc(F)cc6)C(=O)N5c5ccc(F)cc5)cc4)CC(=O)O3)C21. The van der Waals surface area contributed by atoms with Gasteiger partial charge in [-0.25, -0.2) is 8.78 Å². The van der Waals surface area contributed by atoms with Gasteiger partial charge in [-0.1, -0.05) is 70.2 Å². The fourth-order valence-corrected chi connectivity index (χ4v) is 10.3. The summed E-state index contributed by atoms with van der Waals surface area (Å²) in [4.78, 5) is 78.8. The van der Waals surface area contributed by atoms with Gasteiger partial charge in [0.15, 0.2) is 0 Å². The Morgan fingerprint density at radius 1 is 0.841 bits per heavy atom. The van der Waals surface area contributed by atoms with Crippen molar-refractivity contribution < 1.29 is 61.2 Å². The number of esters is 5. The van der Waals surface area contributed by atoms with E-state index < -0.39 is 65.8 Å².